The summed E-state index contributed by atoms with van der Waals surface area (Å²) in [5.41, 5.74) is 1.38. The van der Waals surface area contributed by atoms with Crippen molar-refractivity contribution < 1.29 is 9.53 Å². The Bertz CT molecular complexity index is 538. The number of hydrogen-bond donors (Lipinski definition) is 1. The maximum Gasteiger partial charge on any atom is 0.317 e. The fourth-order valence-corrected chi connectivity index (χ4v) is 3.97. The number of ether oxygens (including phenoxy) is 1. The zero-order valence-electron chi connectivity index (χ0n) is 16.6. The molecule has 0 aromatic heterocycles. The van der Waals surface area contributed by atoms with Gasteiger partial charge < -0.3 is 15.0 Å². The molecule has 1 heterocycles. The number of carbonyl (C=O) groups is 1. The van der Waals surface area contributed by atoms with E-state index in [1.807, 2.05) is 4.90 Å². The van der Waals surface area contributed by atoms with E-state index in [0.29, 0.717) is 12.6 Å². The van der Waals surface area contributed by atoms with Crippen molar-refractivity contribution in [2.75, 3.05) is 45.9 Å². The van der Waals surface area contributed by atoms with Crippen molar-refractivity contribution in [2.45, 2.75) is 51.0 Å². The topological polar surface area (TPSA) is 44.8 Å². The van der Waals surface area contributed by atoms with Gasteiger partial charge in [0.05, 0.1) is 6.10 Å². The number of nitrogens with one attached hydrogen (secondary N) is 1. The Morgan fingerprint density at radius 1 is 1.04 bits per heavy atom. The number of carbonyl (C=O) groups excluding carboxylic acids is 1. The van der Waals surface area contributed by atoms with Gasteiger partial charge in [-0.15, -0.1) is 0 Å². The van der Waals surface area contributed by atoms with Gasteiger partial charge in [-0.05, 0) is 31.2 Å². The maximum atomic E-state index is 12.3. The molecule has 3 rings (SSSR count). The molecule has 0 bridgehead atoms. The number of amides is 2. The second-order valence-electron chi connectivity index (χ2n) is 7.78. The van der Waals surface area contributed by atoms with Crippen LogP contribution in [0, 0.1) is 0 Å². The summed E-state index contributed by atoms with van der Waals surface area (Å²) >= 11 is 0. The highest BCUT2D eigenvalue weighted by Crippen LogP contribution is 2.20. The number of piperazine rings is 1. The second-order valence-corrected chi connectivity index (χ2v) is 7.78. The van der Waals surface area contributed by atoms with E-state index in [0.717, 1.165) is 52.2 Å². The molecule has 1 aromatic rings. The van der Waals surface area contributed by atoms with Gasteiger partial charge in [0, 0.05) is 45.9 Å². The molecule has 0 atom stereocenters. The van der Waals surface area contributed by atoms with E-state index in [4.69, 9.17) is 4.74 Å². The first-order chi connectivity index (χ1) is 13.3. The summed E-state index contributed by atoms with van der Waals surface area (Å²) in [5.74, 6) is 0. The minimum atomic E-state index is 0.0791. The van der Waals surface area contributed by atoms with Crippen LogP contribution >= 0.6 is 0 Å². The normalized spacial score (nSPS) is 19.2. The predicted molar refractivity (Wildman–Crippen MR) is 109 cm³/mol. The van der Waals surface area contributed by atoms with Crippen LogP contribution in [0.4, 0.5) is 4.79 Å². The molecule has 1 aliphatic carbocycles. The molecule has 27 heavy (non-hydrogen) atoms. The Balaban J connectivity index is 1.23. The number of nitrogens with zero attached hydrogens (tertiary/aromatic N) is 2. The lowest BCUT2D eigenvalue weighted by atomic mass is 9.98. The summed E-state index contributed by atoms with van der Waals surface area (Å²) in [4.78, 5) is 16.7. The first kappa shape index (κ1) is 20.2. The molecule has 0 spiro atoms. The average Bonchev–Trinajstić information content (AvgIpc) is 2.74. The Kier molecular flexibility index (Phi) is 8.43. The molecule has 0 radical (unpaired) electrons. The fourth-order valence-electron chi connectivity index (χ4n) is 3.97. The van der Waals surface area contributed by atoms with Gasteiger partial charge in [-0.1, -0.05) is 49.6 Å². The van der Waals surface area contributed by atoms with Crippen LogP contribution in [0.3, 0.4) is 0 Å². The Morgan fingerprint density at radius 2 is 1.78 bits per heavy atom. The Hall–Kier alpha value is -1.59. The highest BCUT2D eigenvalue weighted by molar-refractivity contribution is 5.74. The number of rotatable bonds is 8. The monoisotopic (exact) mass is 373 g/mol. The van der Waals surface area contributed by atoms with Gasteiger partial charge in [-0.3, -0.25) is 4.90 Å². The number of hydrogen-bond acceptors (Lipinski definition) is 3. The molecule has 0 unspecified atom stereocenters. The lowest BCUT2D eigenvalue weighted by Gasteiger charge is -2.34. The summed E-state index contributed by atoms with van der Waals surface area (Å²) in [6.07, 6.45) is 8.82. The predicted octanol–water partition coefficient (Wildman–Crippen LogP) is 3.30. The zero-order valence-corrected chi connectivity index (χ0v) is 16.6. The summed E-state index contributed by atoms with van der Waals surface area (Å²) in [5, 5.41) is 3.05. The first-order valence-corrected chi connectivity index (χ1v) is 10.7. The van der Waals surface area contributed by atoms with Crippen molar-refractivity contribution in [2.24, 2.45) is 0 Å². The molecule has 1 saturated heterocycles. The highest BCUT2D eigenvalue weighted by atomic mass is 16.5. The van der Waals surface area contributed by atoms with Gasteiger partial charge in [-0.25, -0.2) is 4.79 Å². The smallest absolute Gasteiger partial charge is 0.317 e. The van der Waals surface area contributed by atoms with Crippen LogP contribution in [-0.4, -0.2) is 67.8 Å². The lowest BCUT2D eigenvalue weighted by molar-refractivity contribution is 0.0274. The van der Waals surface area contributed by atoms with Crippen LogP contribution in [0.5, 0.6) is 0 Å². The number of benzene rings is 1. The maximum absolute atomic E-state index is 12.3. The van der Waals surface area contributed by atoms with Gasteiger partial charge in [0.25, 0.3) is 0 Å². The molecule has 2 aliphatic rings. The van der Waals surface area contributed by atoms with E-state index < -0.39 is 0 Å². The highest BCUT2D eigenvalue weighted by Gasteiger charge is 2.20. The third-order valence-corrected chi connectivity index (χ3v) is 5.72. The summed E-state index contributed by atoms with van der Waals surface area (Å²) in [7, 11) is 0. The molecule has 2 amide bonds. The van der Waals surface area contributed by atoms with Crippen molar-refractivity contribution in [1.29, 1.82) is 0 Å². The molecular weight excluding hydrogens is 338 g/mol. The molecule has 150 valence electrons. The summed E-state index contributed by atoms with van der Waals surface area (Å²) < 4.78 is 5.92. The van der Waals surface area contributed by atoms with Crippen LogP contribution in [0.1, 0.15) is 44.1 Å². The molecular formula is C22H35N3O2. The SMILES string of the molecule is O=C(NCCCOC1CCCCC1)N1CCN(CCc2ccccc2)CC1. The van der Waals surface area contributed by atoms with Gasteiger partial charge >= 0.3 is 6.03 Å². The van der Waals surface area contributed by atoms with E-state index >= 15 is 0 Å². The van der Waals surface area contributed by atoms with Crippen molar-refractivity contribution in [3.05, 3.63) is 35.9 Å². The van der Waals surface area contributed by atoms with E-state index in [2.05, 4.69) is 40.5 Å². The van der Waals surface area contributed by atoms with Gasteiger partial charge in [-0.2, -0.15) is 0 Å². The quantitative estimate of drug-likeness (QED) is 0.711. The number of urea groups is 1. The third kappa shape index (κ3) is 7.15. The molecule has 1 aromatic carbocycles. The Labute approximate surface area is 164 Å². The van der Waals surface area contributed by atoms with E-state index in [-0.39, 0.29) is 6.03 Å². The molecule has 1 saturated carbocycles. The average molecular weight is 374 g/mol. The molecule has 1 N–H and O–H groups in total. The van der Waals surface area contributed by atoms with E-state index in [1.54, 1.807) is 0 Å². The molecule has 5 heteroatoms. The standard InChI is InChI=1S/C22H35N3O2/c26-22(23-13-7-19-27-21-10-5-2-6-11-21)25-17-15-24(16-18-25)14-12-20-8-3-1-4-9-20/h1,3-4,8-9,21H,2,5-7,10-19H2,(H,23,26). The fraction of sp³-hybridized carbons (Fsp3) is 0.682. The Morgan fingerprint density at radius 3 is 2.52 bits per heavy atom. The van der Waals surface area contributed by atoms with Crippen LogP contribution < -0.4 is 5.32 Å². The van der Waals surface area contributed by atoms with Gasteiger partial charge in [0.2, 0.25) is 0 Å². The third-order valence-electron chi connectivity index (χ3n) is 5.72. The molecule has 1 aliphatic heterocycles. The van der Waals surface area contributed by atoms with Crippen LogP contribution in [0.25, 0.3) is 0 Å². The van der Waals surface area contributed by atoms with Gasteiger partial charge in [0.15, 0.2) is 0 Å². The first-order valence-electron chi connectivity index (χ1n) is 10.7. The summed E-state index contributed by atoms with van der Waals surface area (Å²) in [6.45, 7) is 6.10. The molecule has 5 nitrogen and oxygen atoms in total. The van der Waals surface area contributed by atoms with Crippen LogP contribution in [0.15, 0.2) is 30.3 Å². The lowest BCUT2D eigenvalue weighted by Crippen LogP contribution is -2.52. The van der Waals surface area contributed by atoms with E-state index in [1.165, 1.54) is 37.7 Å². The second kappa shape index (κ2) is 11.3. The van der Waals surface area contributed by atoms with Gasteiger partial charge in [0.1, 0.15) is 0 Å². The minimum Gasteiger partial charge on any atom is -0.378 e. The zero-order chi connectivity index (χ0) is 18.7. The van der Waals surface area contributed by atoms with Crippen molar-refractivity contribution in [3.8, 4) is 0 Å². The van der Waals surface area contributed by atoms with Crippen LogP contribution in [0.2, 0.25) is 0 Å². The minimum absolute atomic E-state index is 0.0791. The van der Waals surface area contributed by atoms with Crippen molar-refractivity contribution in [1.82, 2.24) is 15.1 Å². The van der Waals surface area contributed by atoms with Crippen molar-refractivity contribution in [3.63, 3.8) is 0 Å². The largest absolute Gasteiger partial charge is 0.378 e. The van der Waals surface area contributed by atoms with Crippen molar-refractivity contribution >= 4 is 6.03 Å². The summed E-state index contributed by atoms with van der Waals surface area (Å²) in [6, 6.07) is 10.7. The van der Waals surface area contributed by atoms with E-state index in [9.17, 15) is 4.79 Å². The molecule has 2 fully saturated rings. The van der Waals surface area contributed by atoms with Crippen LogP contribution in [-0.2, 0) is 11.2 Å².